The lowest BCUT2D eigenvalue weighted by molar-refractivity contribution is 0.0538. The minimum atomic E-state index is -0.487. The van der Waals surface area contributed by atoms with Crippen LogP contribution < -0.4 is 0 Å². The maximum atomic E-state index is 13.3. The third-order valence-electron chi connectivity index (χ3n) is 2.41. The first-order valence-electron chi connectivity index (χ1n) is 4.95. The van der Waals surface area contributed by atoms with Gasteiger partial charge in [0.05, 0.1) is 24.3 Å². The number of hydrogen-bond donors (Lipinski definition) is 0. The lowest BCUT2D eigenvalue weighted by Gasteiger charge is -2.14. The highest BCUT2D eigenvalue weighted by atomic mass is 35.5. The lowest BCUT2D eigenvalue weighted by Crippen LogP contribution is -2.07. The summed E-state index contributed by atoms with van der Waals surface area (Å²) in [6, 6.07) is 2.70. The number of benzene rings is 1. The van der Waals surface area contributed by atoms with Crippen molar-refractivity contribution in [2.24, 2.45) is 0 Å². The first kappa shape index (κ1) is 12.1. The normalized spacial score (nSPS) is 20.9. The van der Waals surface area contributed by atoms with Crippen LogP contribution in [0.25, 0.3) is 0 Å². The monoisotopic (exact) mass is 264 g/mol. The second kappa shape index (κ2) is 4.88. The van der Waals surface area contributed by atoms with Crippen LogP contribution in [0.3, 0.4) is 0 Å². The topological polar surface area (TPSA) is 21.8 Å². The van der Waals surface area contributed by atoms with Crippen LogP contribution in [0.4, 0.5) is 4.39 Å². The van der Waals surface area contributed by atoms with Crippen LogP contribution >= 0.6 is 23.2 Å². The van der Waals surface area contributed by atoms with Gasteiger partial charge in [0.1, 0.15) is 11.9 Å². The van der Waals surface area contributed by atoms with Crippen LogP contribution in [-0.2, 0) is 9.47 Å². The van der Waals surface area contributed by atoms with E-state index in [0.717, 1.165) is 6.61 Å². The Hall–Kier alpha value is -0.350. The van der Waals surface area contributed by atoms with Gasteiger partial charge in [-0.1, -0.05) is 23.2 Å². The highest BCUT2D eigenvalue weighted by molar-refractivity contribution is 6.35. The number of ether oxygens (including phenoxy) is 2. The van der Waals surface area contributed by atoms with E-state index >= 15 is 0 Å². The summed E-state index contributed by atoms with van der Waals surface area (Å²) in [4.78, 5) is 0. The Kier molecular flexibility index (Phi) is 3.70. The van der Waals surface area contributed by atoms with Gasteiger partial charge in [-0.25, -0.2) is 4.39 Å². The summed E-state index contributed by atoms with van der Waals surface area (Å²) in [5.41, 5.74) is 0.601. The zero-order valence-electron chi connectivity index (χ0n) is 8.67. The van der Waals surface area contributed by atoms with E-state index in [1.54, 1.807) is 0 Å². The van der Waals surface area contributed by atoms with E-state index in [0.29, 0.717) is 17.2 Å². The van der Waals surface area contributed by atoms with Crippen molar-refractivity contribution in [3.05, 3.63) is 33.6 Å². The van der Waals surface area contributed by atoms with Gasteiger partial charge >= 0.3 is 0 Å². The Bertz CT molecular complexity index is 394. The highest BCUT2D eigenvalue weighted by Crippen LogP contribution is 2.30. The summed E-state index contributed by atoms with van der Waals surface area (Å²) in [5, 5.41) is 0.432. The molecule has 88 valence electrons. The Balaban J connectivity index is 2.08. The van der Waals surface area contributed by atoms with Gasteiger partial charge in [0, 0.05) is 10.6 Å². The molecular weight excluding hydrogens is 254 g/mol. The molecule has 0 radical (unpaired) electrons. The summed E-state index contributed by atoms with van der Waals surface area (Å²) < 4.78 is 23.8. The smallest absolute Gasteiger partial charge is 0.142 e. The molecule has 1 fully saturated rings. The largest absolute Gasteiger partial charge is 0.371 e. The molecule has 0 saturated carbocycles. The SMILES string of the molecule is C[C@@H](OC[C@@H]1CO1)c1cc(F)c(Cl)cc1Cl. The molecule has 0 amide bonds. The average molecular weight is 265 g/mol. The standard InChI is InChI=1S/C11H11Cl2FO2/c1-6(15-4-7-5-16-7)8-2-11(14)10(13)3-9(8)12/h2-3,6-7H,4-5H2,1H3/t6-,7-/m1/s1. The maximum absolute atomic E-state index is 13.3. The third kappa shape index (κ3) is 2.86. The lowest BCUT2D eigenvalue weighted by atomic mass is 10.1. The van der Waals surface area contributed by atoms with Gasteiger partial charge in [0.15, 0.2) is 0 Å². The van der Waals surface area contributed by atoms with E-state index in [4.69, 9.17) is 32.7 Å². The molecule has 0 aromatic heterocycles. The maximum Gasteiger partial charge on any atom is 0.142 e. The number of rotatable bonds is 4. The second-order valence-electron chi connectivity index (χ2n) is 3.72. The van der Waals surface area contributed by atoms with E-state index in [1.165, 1.54) is 12.1 Å². The molecule has 0 spiro atoms. The van der Waals surface area contributed by atoms with Crippen molar-refractivity contribution in [3.8, 4) is 0 Å². The molecule has 1 saturated heterocycles. The minimum Gasteiger partial charge on any atom is -0.371 e. The molecule has 1 aromatic carbocycles. The van der Waals surface area contributed by atoms with Crippen LogP contribution in [0, 0.1) is 5.82 Å². The number of hydrogen-bond acceptors (Lipinski definition) is 2. The molecule has 0 N–H and O–H groups in total. The highest BCUT2D eigenvalue weighted by Gasteiger charge is 2.24. The summed E-state index contributed by atoms with van der Waals surface area (Å²) >= 11 is 11.6. The molecule has 1 aliphatic rings. The van der Waals surface area contributed by atoms with E-state index in [1.807, 2.05) is 6.92 Å². The fourth-order valence-electron chi connectivity index (χ4n) is 1.36. The van der Waals surface area contributed by atoms with Crippen LogP contribution in [0.5, 0.6) is 0 Å². The second-order valence-corrected chi connectivity index (χ2v) is 4.53. The molecular formula is C11H11Cl2FO2. The Morgan fingerprint density at radius 2 is 2.19 bits per heavy atom. The third-order valence-corrected chi connectivity index (χ3v) is 3.03. The van der Waals surface area contributed by atoms with Gasteiger partial charge < -0.3 is 9.47 Å². The van der Waals surface area contributed by atoms with Crippen LogP contribution in [0.1, 0.15) is 18.6 Å². The van der Waals surface area contributed by atoms with E-state index in [2.05, 4.69) is 0 Å². The van der Waals surface area contributed by atoms with Crippen LogP contribution in [0.15, 0.2) is 12.1 Å². The Morgan fingerprint density at radius 1 is 1.50 bits per heavy atom. The molecule has 1 aliphatic heterocycles. The molecule has 5 heteroatoms. The van der Waals surface area contributed by atoms with Gasteiger partial charge in [0.2, 0.25) is 0 Å². The Labute approximate surface area is 103 Å². The summed E-state index contributed by atoms with van der Waals surface area (Å²) in [6.45, 7) is 3.05. The zero-order chi connectivity index (χ0) is 11.7. The summed E-state index contributed by atoms with van der Waals surface area (Å²) in [6.07, 6.45) is -0.0955. The van der Waals surface area contributed by atoms with Gasteiger partial charge in [0.25, 0.3) is 0 Å². The van der Waals surface area contributed by atoms with Crippen LogP contribution in [-0.4, -0.2) is 19.3 Å². The predicted molar refractivity (Wildman–Crippen MR) is 60.5 cm³/mol. The van der Waals surface area contributed by atoms with Gasteiger partial charge in [-0.3, -0.25) is 0 Å². The van der Waals surface area contributed by atoms with Crippen LogP contribution in [0.2, 0.25) is 10.0 Å². The molecule has 1 aromatic rings. The van der Waals surface area contributed by atoms with E-state index in [-0.39, 0.29) is 17.2 Å². The van der Waals surface area contributed by atoms with E-state index < -0.39 is 5.82 Å². The minimum absolute atomic E-state index is 0.0199. The number of epoxide rings is 1. The van der Waals surface area contributed by atoms with Gasteiger partial charge in [-0.2, -0.15) is 0 Å². The zero-order valence-corrected chi connectivity index (χ0v) is 10.2. The van der Waals surface area contributed by atoms with Crippen molar-refractivity contribution in [3.63, 3.8) is 0 Å². The average Bonchev–Trinajstić information content (AvgIpc) is 3.03. The molecule has 2 rings (SSSR count). The Morgan fingerprint density at radius 3 is 2.81 bits per heavy atom. The molecule has 0 aliphatic carbocycles. The van der Waals surface area contributed by atoms with Crippen molar-refractivity contribution in [1.29, 1.82) is 0 Å². The molecule has 1 heterocycles. The van der Waals surface area contributed by atoms with E-state index in [9.17, 15) is 4.39 Å². The predicted octanol–water partition coefficient (Wildman–Crippen LogP) is 3.61. The molecule has 2 nitrogen and oxygen atoms in total. The fourth-order valence-corrected chi connectivity index (χ4v) is 1.89. The molecule has 0 unspecified atom stereocenters. The van der Waals surface area contributed by atoms with Crippen molar-refractivity contribution >= 4 is 23.2 Å². The van der Waals surface area contributed by atoms with Crippen molar-refractivity contribution in [2.45, 2.75) is 19.1 Å². The van der Waals surface area contributed by atoms with Gasteiger partial charge in [-0.05, 0) is 19.1 Å². The van der Waals surface area contributed by atoms with Gasteiger partial charge in [-0.15, -0.1) is 0 Å². The molecule has 2 atom stereocenters. The summed E-state index contributed by atoms with van der Waals surface area (Å²) in [7, 11) is 0. The first-order valence-corrected chi connectivity index (χ1v) is 5.71. The molecule has 16 heavy (non-hydrogen) atoms. The quantitative estimate of drug-likeness (QED) is 0.612. The fraction of sp³-hybridized carbons (Fsp3) is 0.455. The van der Waals surface area contributed by atoms with Crippen molar-refractivity contribution in [2.75, 3.05) is 13.2 Å². The van der Waals surface area contributed by atoms with Crippen molar-refractivity contribution in [1.82, 2.24) is 0 Å². The summed E-state index contributed by atoms with van der Waals surface area (Å²) in [5.74, 6) is -0.487. The number of halogens is 3. The van der Waals surface area contributed by atoms with Crippen molar-refractivity contribution < 1.29 is 13.9 Å². The molecule has 0 bridgehead atoms. The first-order chi connectivity index (χ1) is 7.58.